The number of phenols is 1. The molecule has 0 aliphatic heterocycles. The zero-order chi connectivity index (χ0) is 20.5. The summed E-state index contributed by atoms with van der Waals surface area (Å²) in [5.74, 6) is 0.714. The van der Waals surface area contributed by atoms with Crippen molar-refractivity contribution in [2.45, 2.75) is 34.6 Å². The third-order valence-electron chi connectivity index (χ3n) is 4.39. The molecule has 6 heteroatoms. The number of nitrogens with zero attached hydrogens (tertiary/aromatic N) is 2. The first-order chi connectivity index (χ1) is 13.1. The number of hydrogen-bond donors (Lipinski definition) is 3. The fourth-order valence-corrected chi connectivity index (χ4v) is 2.88. The highest BCUT2D eigenvalue weighted by molar-refractivity contribution is 5.90. The van der Waals surface area contributed by atoms with Crippen molar-refractivity contribution in [3.8, 4) is 16.9 Å². The molecule has 0 aliphatic rings. The lowest BCUT2D eigenvalue weighted by molar-refractivity contribution is 0.247. The summed E-state index contributed by atoms with van der Waals surface area (Å²) in [6, 6.07) is 9.40. The number of carbonyl (C=O) groups excluding carboxylic acids is 1. The Morgan fingerprint density at radius 1 is 1.04 bits per heavy atom. The molecule has 0 atom stereocenters. The van der Waals surface area contributed by atoms with E-state index in [0.717, 1.165) is 27.8 Å². The molecule has 0 aliphatic carbocycles. The average Bonchev–Trinajstić information content (AvgIpc) is 2.63. The molecule has 0 fully saturated rings. The second-order valence-electron chi connectivity index (χ2n) is 8.29. The van der Waals surface area contributed by atoms with Crippen LogP contribution in [-0.4, -0.2) is 27.7 Å². The number of nitrogens with one attached hydrogen (secondary N) is 2. The highest BCUT2D eigenvalue weighted by Gasteiger charge is 2.13. The van der Waals surface area contributed by atoms with Gasteiger partial charge in [0.15, 0.2) is 5.82 Å². The number of aromatic hydroxyl groups is 1. The normalized spacial score (nSPS) is 11.5. The number of aromatic nitrogens is 2. The van der Waals surface area contributed by atoms with Gasteiger partial charge in [0.05, 0.1) is 17.2 Å². The molecule has 146 valence electrons. The summed E-state index contributed by atoms with van der Waals surface area (Å²) in [5, 5.41) is 15.6. The summed E-state index contributed by atoms with van der Waals surface area (Å²) in [4.78, 5) is 21.0. The summed E-state index contributed by atoms with van der Waals surface area (Å²) in [6.45, 7) is 10.5. The van der Waals surface area contributed by atoms with E-state index in [-0.39, 0.29) is 11.4 Å². The van der Waals surface area contributed by atoms with E-state index in [4.69, 9.17) is 0 Å². The lowest BCUT2D eigenvalue weighted by atomic mass is 9.97. The highest BCUT2D eigenvalue weighted by Crippen LogP contribution is 2.30. The molecule has 2 aromatic carbocycles. The van der Waals surface area contributed by atoms with E-state index in [0.29, 0.717) is 23.6 Å². The maximum Gasteiger partial charge on any atom is 0.320 e. The van der Waals surface area contributed by atoms with Gasteiger partial charge < -0.3 is 10.4 Å². The maximum absolute atomic E-state index is 12.1. The molecular formula is C22H26N4O2. The van der Waals surface area contributed by atoms with Gasteiger partial charge in [-0.15, -0.1) is 0 Å². The van der Waals surface area contributed by atoms with Gasteiger partial charge in [0.2, 0.25) is 0 Å². The van der Waals surface area contributed by atoms with Gasteiger partial charge in [-0.1, -0.05) is 26.8 Å². The van der Waals surface area contributed by atoms with E-state index < -0.39 is 0 Å². The second-order valence-corrected chi connectivity index (χ2v) is 8.29. The van der Waals surface area contributed by atoms with Crippen molar-refractivity contribution in [3.05, 3.63) is 47.7 Å². The third kappa shape index (κ3) is 4.57. The minimum atomic E-state index is -0.301. The summed E-state index contributed by atoms with van der Waals surface area (Å²) < 4.78 is 0. The van der Waals surface area contributed by atoms with Gasteiger partial charge in [-0.25, -0.2) is 9.78 Å². The van der Waals surface area contributed by atoms with Crippen molar-refractivity contribution >= 4 is 22.9 Å². The van der Waals surface area contributed by atoms with Crippen LogP contribution in [0.4, 0.5) is 10.6 Å². The van der Waals surface area contributed by atoms with Crippen molar-refractivity contribution < 1.29 is 9.90 Å². The quantitative estimate of drug-likeness (QED) is 0.612. The predicted molar refractivity (Wildman–Crippen MR) is 113 cm³/mol. The molecule has 2 amide bonds. The van der Waals surface area contributed by atoms with Gasteiger partial charge in [-0.2, -0.15) is 0 Å². The Morgan fingerprint density at radius 3 is 2.36 bits per heavy atom. The Hall–Kier alpha value is -3.15. The molecule has 3 aromatic rings. The largest absolute Gasteiger partial charge is 0.507 e. The van der Waals surface area contributed by atoms with Crippen molar-refractivity contribution in [1.29, 1.82) is 0 Å². The van der Waals surface area contributed by atoms with Gasteiger partial charge in [0.1, 0.15) is 5.75 Å². The summed E-state index contributed by atoms with van der Waals surface area (Å²) in [6.07, 6.45) is 1.55. The molecule has 0 bridgehead atoms. The number of carbonyl (C=O) groups is 1. The number of amides is 2. The fraction of sp³-hybridized carbons (Fsp3) is 0.318. The Morgan fingerprint density at radius 2 is 1.71 bits per heavy atom. The first-order valence-corrected chi connectivity index (χ1v) is 9.25. The van der Waals surface area contributed by atoms with E-state index in [1.807, 2.05) is 44.2 Å². The lowest BCUT2D eigenvalue weighted by Gasteiger charge is -2.18. The minimum absolute atomic E-state index is 0.00167. The monoisotopic (exact) mass is 378 g/mol. The van der Waals surface area contributed by atoms with Gasteiger partial charge in [0, 0.05) is 6.54 Å². The molecule has 1 aromatic heterocycles. The average molecular weight is 378 g/mol. The second kappa shape index (κ2) is 7.46. The van der Waals surface area contributed by atoms with Crippen LogP contribution >= 0.6 is 0 Å². The Bertz CT molecular complexity index is 1020. The van der Waals surface area contributed by atoms with Crippen LogP contribution in [0.2, 0.25) is 0 Å². The smallest absolute Gasteiger partial charge is 0.320 e. The summed E-state index contributed by atoms with van der Waals surface area (Å²) in [5.41, 5.74) is 5.06. The number of benzene rings is 2. The maximum atomic E-state index is 12.1. The molecule has 0 radical (unpaired) electrons. The number of anilines is 1. The molecule has 3 N–H and O–H groups in total. The topological polar surface area (TPSA) is 87.1 Å². The van der Waals surface area contributed by atoms with Crippen LogP contribution in [0.1, 0.15) is 31.9 Å². The van der Waals surface area contributed by atoms with E-state index in [1.165, 1.54) is 0 Å². The highest BCUT2D eigenvalue weighted by atomic mass is 16.3. The van der Waals surface area contributed by atoms with Crippen LogP contribution in [0.3, 0.4) is 0 Å². The first-order valence-electron chi connectivity index (χ1n) is 9.25. The number of rotatable bonds is 3. The van der Waals surface area contributed by atoms with Crippen LogP contribution < -0.4 is 10.6 Å². The molecule has 28 heavy (non-hydrogen) atoms. The number of aryl methyl sites for hydroxylation is 2. The van der Waals surface area contributed by atoms with Crippen LogP contribution in [0.25, 0.3) is 22.2 Å². The van der Waals surface area contributed by atoms with Gasteiger partial charge in [-0.3, -0.25) is 10.3 Å². The summed E-state index contributed by atoms with van der Waals surface area (Å²) >= 11 is 0. The molecule has 0 spiro atoms. The molecule has 1 heterocycles. The number of fused-ring (bicyclic) bond motifs is 1. The molecule has 3 rings (SSSR count). The van der Waals surface area contributed by atoms with Crippen molar-refractivity contribution in [2.75, 3.05) is 11.9 Å². The van der Waals surface area contributed by atoms with Crippen LogP contribution in [0.5, 0.6) is 5.75 Å². The van der Waals surface area contributed by atoms with Crippen LogP contribution in [0.15, 0.2) is 36.5 Å². The standard InChI is InChI=1S/C22H26N4O2/c1-13-8-16(9-14(2)20(13)27)15-6-7-17-18(10-15)25-19(11-23-17)26-21(28)24-12-22(3,4)5/h6-11,27H,12H2,1-5H3,(H2,24,25,26,28). The van der Waals surface area contributed by atoms with Crippen molar-refractivity contribution in [2.24, 2.45) is 5.41 Å². The SMILES string of the molecule is Cc1cc(-c2ccc3ncc(NC(=O)NCC(C)(C)C)nc3c2)cc(C)c1O. The van der Waals surface area contributed by atoms with E-state index in [1.54, 1.807) is 6.20 Å². The van der Waals surface area contributed by atoms with Crippen molar-refractivity contribution in [3.63, 3.8) is 0 Å². The van der Waals surface area contributed by atoms with E-state index in [2.05, 4.69) is 41.4 Å². The Balaban J connectivity index is 1.86. The number of urea groups is 1. The van der Waals surface area contributed by atoms with E-state index >= 15 is 0 Å². The Labute approximate surface area is 165 Å². The molecule has 0 saturated heterocycles. The molecular weight excluding hydrogens is 352 g/mol. The Kier molecular flexibility index (Phi) is 5.23. The van der Waals surface area contributed by atoms with Gasteiger partial charge >= 0.3 is 6.03 Å². The van der Waals surface area contributed by atoms with Gasteiger partial charge in [-0.05, 0) is 65.8 Å². The number of phenolic OH excluding ortho intramolecular Hbond substituents is 1. The fourth-order valence-electron chi connectivity index (χ4n) is 2.88. The third-order valence-corrected chi connectivity index (χ3v) is 4.39. The zero-order valence-corrected chi connectivity index (χ0v) is 16.9. The van der Waals surface area contributed by atoms with E-state index in [9.17, 15) is 9.90 Å². The number of hydrogen-bond acceptors (Lipinski definition) is 4. The van der Waals surface area contributed by atoms with Crippen LogP contribution in [0, 0.1) is 19.3 Å². The first kappa shape index (κ1) is 19.6. The van der Waals surface area contributed by atoms with Crippen LogP contribution in [-0.2, 0) is 0 Å². The van der Waals surface area contributed by atoms with Gasteiger partial charge in [0.25, 0.3) is 0 Å². The summed E-state index contributed by atoms with van der Waals surface area (Å²) in [7, 11) is 0. The molecule has 0 unspecified atom stereocenters. The lowest BCUT2D eigenvalue weighted by Crippen LogP contribution is -2.35. The van der Waals surface area contributed by atoms with Crippen molar-refractivity contribution in [1.82, 2.24) is 15.3 Å². The minimum Gasteiger partial charge on any atom is -0.507 e. The molecule has 0 saturated carbocycles. The molecule has 6 nitrogen and oxygen atoms in total. The zero-order valence-electron chi connectivity index (χ0n) is 16.9. The predicted octanol–water partition coefficient (Wildman–Crippen LogP) is 4.79.